The number of methoxy groups -OCH3 is 3. The van der Waals surface area contributed by atoms with Crippen molar-refractivity contribution in [3.8, 4) is 17.2 Å². The summed E-state index contributed by atoms with van der Waals surface area (Å²) in [5.41, 5.74) is 3.63. The molecule has 2 aromatic carbocycles. The summed E-state index contributed by atoms with van der Waals surface area (Å²) in [6, 6.07) is 6.94. The van der Waals surface area contributed by atoms with Gasteiger partial charge in [0.05, 0.1) is 32.1 Å². The summed E-state index contributed by atoms with van der Waals surface area (Å²) in [7, 11) is 4.38. The highest BCUT2D eigenvalue weighted by Gasteiger charge is 2.17. The van der Waals surface area contributed by atoms with E-state index in [0.717, 1.165) is 0 Å². The Morgan fingerprint density at radius 3 is 2.19 bits per heavy atom. The quantitative estimate of drug-likeness (QED) is 0.613. The van der Waals surface area contributed by atoms with Crippen molar-refractivity contribution in [2.24, 2.45) is 5.10 Å². The molecule has 0 aliphatic rings. The number of carbonyl (C=O) groups excluding carboxylic acids is 1. The molecule has 26 heavy (non-hydrogen) atoms. The zero-order valence-corrected chi connectivity index (χ0v) is 15.5. The number of halogens is 2. The Morgan fingerprint density at radius 2 is 1.69 bits per heavy atom. The molecule has 2 rings (SSSR count). The van der Waals surface area contributed by atoms with Crippen LogP contribution in [0.5, 0.6) is 17.2 Å². The van der Waals surface area contributed by atoms with Crippen LogP contribution in [0.25, 0.3) is 0 Å². The van der Waals surface area contributed by atoms with Gasteiger partial charge >= 0.3 is 0 Å². The molecule has 8 heteroatoms. The molecule has 0 spiro atoms. The Morgan fingerprint density at radius 1 is 1.08 bits per heavy atom. The molecule has 0 bridgehead atoms. The van der Waals surface area contributed by atoms with E-state index in [1.165, 1.54) is 51.7 Å². The first-order chi connectivity index (χ1) is 12.4. The van der Waals surface area contributed by atoms with Crippen molar-refractivity contribution in [1.82, 2.24) is 5.43 Å². The molecular weight excluding hydrogens is 363 g/mol. The summed E-state index contributed by atoms with van der Waals surface area (Å²) in [4.78, 5) is 12.4. The van der Waals surface area contributed by atoms with E-state index in [0.29, 0.717) is 28.5 Å². The standard InChI is InChI=1S/C18H18ClFN2O4/c1-10(13-6-5-12(20)9-14(13)19)21-22-18(23)11-7-15(24-2)17(26-4)16(8-11)25-3/h5-9H,1-4H3,(H,22,23)/b21-10-. The number of amides is 1. The first kappa shape index (κ1) is 19.5. The predicted molar refractivity (Wildman–Crippen MR) is 97.2 cm³/mol. The van der Waals surface area contributed by atoms with Crippen LogP contribution in [0.2, 0.25) is 5.02 Å². The number of benzene rings is 2. The molecule has 138 valence electrons. The third-order valence-electron chi connectivity index (χ3n) is 3.57. The zero-order chi connectivity index (χ0) is 19.3. The minimum atomic E-state index is -0.484. The number of carbonyl (C=O) groups is 1. The van der Waals surface area contributed by atoms with Gasteiger partial charge in [-0.15, -0.1) is 0 Å². The van der Waals surface area contributed by atoms with Gasteiger partial charge in [-0.3, -0.25) is 4.79 Å². The van der Waals surface area contributed by atoms with Crippen LogP contribution in [-0.2, 0) is 0 Å². The summed E-state index contributed by atoms with van der Waals surface area (Å²) < 4.78 is 28.8. The van der Waals surface area contributed by atoms with Crippen molar-refractivity contribution < 1.29 is 23.4 Å². The van der Waals surface area contributed by atoms with Crippen LogP contribution >= 0.6 is 11.6 Å². The molecule has 0 heterocycles. The number of hydrazone groups is 1. The van der Waals surface area contributed by atoms with Gasteiger partial charge in [0.15, 0.2) is 11.5 Å². The Balaban J connectivity index is 2.27. The first-order valence-electron chi connectivity index (χ1n) is 7.51. The van der Waals surface area contributed by atoms with Crippen molar-refractivity contribution in [1.29, 1.82) is 0 Å². The first-order valence-corrected chi connectivity index (χ1v) is 7.89. The summed E-state index contributed by atoms with van der Waals surface area (Å²) in [6.07, 6.45) is 0. The largest absolute Gasteiger partial charge is 0.493 e. The Bertz CT molecular complexity index is 830. The van der Waals surface area contributed by atoms with Gasteiger partial charge in [-0.25, -0.2) is 9.82 Å². The summed E-state index contributed by atoms with van der Waals surface area (Å²) >= 11 is 5.99. The number of nitrogens with zero attached hydrogens (tertiary/aromatic N) is 1. The molecule has 0 saturated carbocycles. The van der Waals surface area contributed by atoms with Gasteiger partial charge in [-0.05, 0) is 37.3 Å². The molecule has 0 saturated heterocycles. The topological polar surface area (TPSA) is 69.2 Å². The Hall–Kier alpha value is -2.80. The number of rotatable bonds is 6. The van der Waals surface area contributed by atoms with Crippen LogP contribution < -0.4 is 19.6 Å². The Kier molecular flexibility index (Phi) is 6.41. The van der Waals surface area contributed by atoms with Crippen LogP contribution in [0.1, 0.15) is 22.8 Å². The average Bonchev–Trinajstić information content (AvgIpc) is 2.64. The lowest BCUT2D eigenvalue weighted by atomic mass is 10.1. The van der Waals surface area contributed by atoms with Crippen LogP contribution in [0, 0.1) is 5.82 Å². The molecule has 0 aliphatic heterocycles. The molecule has 1 amide bonds. The van der Waals surface area contributed by atoms with Gasteiger partial charge in [0.1, 0.15) is 5.82 Å². The van der Waals surface area contributed by atoms with Gasteiger partial charge in [0, 0.05) is 11.1 Å². The van der Waals surface area contributed by atoms with Crippen molar-refractivity contribution in [2.75, 3.05) is 21.3 Å². The zero-order valence-electron chi connectivity index (χ0n) is 14.7. The van der Waals surface area contributed by atoms with Crippen LogP contribution in [-0.4, -0.2) is 32.9 Å². The third-order valence-corrected chi connectivity index (χ3v) is 3.89. The second-order valence-electron chi connectivity index (χ2n) is 5.18. The average molecular weight is 381 g/mol. The lowest BCUT2D eigenvalue weighted by Crippen LogP contribution is -2.19. The van der Waals surface area contributed by atoms with Gasteiger partial charge < -0.3 is 14.2 Å². The predicted octanol–water partition coefficient (Wildman–Crippen LogP) is 3.66. The second kappa shape index (κ2) is 8.53. The maximum Gasteiger partial charge on any atom is 0.271 e. The molecule has 1 N–H and O–H groups in total. The molecule has 0 atom stereocenters. The van der Waals surface area contributed by atoms with E-state index in [4.69, 9.17) is 25.8 Å². The molecule has 0 radical (unpaired) electrons. The fourth-order valence-corrected chi connectivity index (χ4v) is 2.56. The SMILES string of the molecule is COc1cc(C(=O)N/N=C(/C)c2ccc(F)cc2Cl)cc(OC)c1OC. The van der Waals surface area contributed by atoms with E-state index in [2.05, 4.69) is 10.5 Å². The van der Waals surface area contributed by atoms with Gasteiger partial charge in [0.2, 0.25) is 5.75 Å². The molecular formula is C18H18ClFN2O4. The van der Waals surface area contributed by atoms with Crippen LogP contribution in [0.3, 0.4) is 0 Å². The number of nitrogens with one attached hydrogen (secondary N) is 1. The lowest BCUT2D eigenvalue weighted by Gasteiger charge is -2.13. The van der Waals surface area contributed by atoms with Gasteiger partial charge in [-0.2, -0.15) is 5.10 Å². The fraction of sp³-hybridized carbons (Fsp3) is 0.222. The van der Waals surface area contributed by atoms with Crippen molar-refractivity contribution in [3.05, 3.63) is 52.3 Å². The molecule has 0 aliphatic carbocycles. The normalized spacial score (nSPS) is 11.1. The van der Waals surface area contributed by atoms with E-state index in [9.17, 15) is 9.18 Å². The van der Waals surface area contributed by atoms with E-state index in [1.807, 2.05) is 0 Å². The summed E-state index contributed by atoms with van der Waals surface area (Å²) in [5, 5.41) is 4.21. The number of ether oxygens (including phenoxy) is 3. The minimum Gasteiger partial charge on any atom is -0.493 e. The highest BCUT2D eigenvalue weighted by Crippen LogP contribution is 2.38. The minimum absolute atomic E-state index is 0.202. The number of hydrogen-bond donors (Lipinski definition) is 1. The van der Waals surface area contributed by atoms with E-state index in [-0.39, 0.29) is 10.6 Å². The third kappa shape index (κ3) is 4.23. The second-order valence-corrected chi connectivity index (χ2v) is 5.58. The lowest BCUT2D eigenvalue weighted by molar-refractivity contribution is 0.0954. The van der Waals surface area contributed by atoms with Crippen molar-refractivity contribution in [3.63, 3.8) is 0 Å². The maximum atomic E-state index is 13.1. The molecule has 0 unspecified atom stereocenters. The fourth-order valence-electron chi connectivity index (χ4n) is 2.25. The van der Waals surface area contributed by atoms with Crippen LogP contribution in [0.4, 0.5) is 4.39 Å². The summed E-state index contributed by atoms with van der Waals surface area (Å²) in [6.45, 7) is 1.65. The molecule has 2 aromatic rings. The van der Waals surface area contributed by atoms with Gasteiger partial charge in [0.25, 0.3) is 5.91 Å². The van der Waals surface area contributed by atoms with Crippen molar-refractivity contribution in [2.45, 2.75) is 6.92 Å². The highest BCUT2D eigenvalue weighted by atomic mass is 35.5. The Labute approximate surface area is 155 Å². The molecule has 6 nitrogen and oxygen atoms in total. The van der Waals surface area contributed by atoms with Crippen molar-refractivity contribution >= 4 is 23.2 Å². The van der Waals surface area contributed by atoms with E-state index in [1.54, 1.807) is 6.92 Å². The maximum absolute atomic E-state index is 13.1. The highest BCUT2D eigenvalue weighted by molar-refractivity contribution is 6.34. The molecule has 0 fully saturated rings. The molecule has 0 aromatic heterocycles. The number of hydrogen-bond acceptors (Lipinski definition) is 5. The van der Waals surface area contributed by atoms with E-state index >= 15 is 0 Å². The van der Waals surface area contributed by atoms with Crippen LogP contribution in [0.15, 0.2) is 35.4 Å². The summed E-state index contributed by atoms with van der Waals surface area (Å²) in [5.74, 6) is 0.137. The van der Waals surface area contributed by atoms with E-state index < -0.39 is 11.7 Å². The van der Waals surface area contributed by atoms with Gasteiger partial charge in [-0.1, -0.05) is 11.6 Å². The monoisotopic (exact) mass is 380 g/mol. The smallest absolute Gasteiger partial charge is 0.271 e.